The highest BCUT2D eigenvalue weighted by Gasteiger charge is 2.16. The zero-order valence-electron chi connectivity index (χ0n) is 17.4. The van der Waals surface area contributed by atoms with Gasteiger partial charge in [0.2, 0.25) is 0 Å². The molecule has 0 spiro atoms. The quantitative estimate of drug-likeness (QED) is 0.824. The zero-order chi connectivity index (χ0) is 20.3. The number of amides is 2. The number of urea groups is 1. The largest absolute Gasteiger partial charge is 0.378 e. The molecule has 0 aromatic carbocycles. The van der Waals surface area contributed by atoms with Gasteiger partial charge in [0, 0.05) is 31.9 Å². The number of hydrogen-bond acceptors (Lipinski definition) is 5. The van der Waals surface area contributed by atoms with Gasteiger partial charge in [-0.25, -0.2) is 9.78 Å². The van der Waals surface area contributed by atoms with E-state index in [1.165, 1.54) is 5.56 Å². The summed E-state index contributed by atoms with van der Waals surface area (Å²) in [6.07, 6.45) is 0.742. The standard InChI is InChI=1S/C20H30N6O2/c1-13(12-17-14(2)24-25(5)16(17)4)21-20(27)23-18-6-7-19(22-15(18)3)26-8-10-28-11-9-26/h6-7,13H,8-12H2,1-5H3,(H2,21,23,27). The van der Waals surface area contributed by atoms with Crippen LogP contribution in [0.25, 0.3) is 0 Å². The number of pyridine rings is 1. The van der Waals surface area contributed by atoms with Gasteiger partial charge in [0.1, 0.15) is 5.82 Å². The lowest BCUT2D eigenvalue weighted by molar-refractivity contribution is 0.122. The monoisotopic (exact) mass is 386 g/mol. The van der Waals surface area contributed by atoms with Crippen LogP contribution in [-0.2, 0) is 18.2 Å². The van der Waals surface area contributed by atoms with Crippen molar-refractivity contribution in [2.45, 2.75) is 40.2 Å². The van der Waals surface area contributed by atoms with E-state index >= 15 is 0 Å². The fourth-order valence-electron chi connectivity index (χ4n) is 3.50. The summed E-state index contributed by atoms with van der Waals surface area (Å²) in [5, 5.41) is 10.4. The number of carbonyl (C=O) groups excluding carboxylic acids is 1. The van der Waals surface area contributed by atoms with Gasteiger partial charge in [-0.1, -0.05) is 0 Å². The molecule has 0 aliphatic carbocycles. The second-order valence-electron chi connectivity index (χ2n) is 7.38. The molecule has 3 rings (SSSR count). The summed E-state index contributed by atoms with van der Waals surface area (Å²) in [4.78, 5) is 19.3. The number of nitrogens with zero attached hydrogens (tertiary/aromatic N) is 4. The van der Waals surface area contributed by atoms with Gasteiger partial charge in [-0.15, -0.1) is 0 Å². The SMILES string of the molecule is Cc1nc(N2CCOCC2)ccc1NC(=O)NC(C)Cc1c(C)nn(C)c1C. The van der Waals surface area contributed by atoms with Crippen LogP contribution in [0.3, 0.4) is 0 Å². The van der Waals surface area contributed by atoms with Gasteiger partial charge in [-0.05, 0) is 51.8 Å². The van der Waals surface area contributed by atoms with Gasteiger partial charge in [0.05, 0.1) is 30.3 Å². The molecule has 0 radical (unpaired) electrons. The molecule has 1 fully saturated rings. The Labute approximate surface area is 166 Å². The van der Waals surface area contributed by atoms with Crippen molar-refractivity contribution < 1.29 is 9.53 Å². The van der Waals surface area contributed by atoms with Crippen molar-refractivity contribution in [3.8, 4) is 0 Å². The number of anilines is 2. The van der Waals surface area contributed by atoms with E-state index in [9.17, 15) is 4.79 Å². The molecule has 152 valence electrons. The molecular weight excluding hydrogens is 356 g/mol. The predicted octanol–water partition coefficient (Wildman–Crippen LogP) is 2.33. The Morgan fingerprint density at radius 3 is 2.54 bits per heavy atom. The summed E-state index contributed by atoms with van der Waals surface area (Å²) in [5.41, 5.74) is 4.84. The Morgan fingerprint density at radius 2 is 1.93 bits per heavy atom. The second-order valence-corrected chi connectivity index (χ2v) is 7.38. The highest BCUT2D eigenvalue weighted by atomic mass is 16.5. The summed E-state index contributed by atoms with van der Waals surface area (Å²) in [6.45, 7) is 11.1. The molecule has 0 saturated carbocycles. The minimum absolute atomic E-state index is 0.0116. The maximum absolute atomic E-state index is 12.4. The van der Waals surface area contributed by atoms with Crippen molar-refractivity contribution >= 4 is 17.5 Å². The first-order chi connectivity index (χ1) is 13.3. The minimum atomic E-state index is -0.226. The lowest BCUT2D eigenvalue weighted by Gasteiger charge is -2.28. The van der Waals surface area contributed by atoms with Gasteiger partial charge in [-0.3, -0.25) is 4.68 Å². The number of aryl methyl sites for hydroxylation is 3. The van der Waals surface area contributed by atoms with E-state index in [2.05, 4.69) is 25.6 Å². The number of rotatable bonds is 5. The number of nitrogens with one attached hydrogen (secondary N) is 2. The van der Waals surface area contributed by atoms with Crippen LogP contribution >= 0.6 is 0 Å². The van der Waals surface area contributed by atoms with E-state index in [0.29, 0.717) is 0 Å². The maximum atomic E-state index is 12.4. The van der Waals surface area contributed by atoms with Crippen molar-refractivity contribution in [1.82, 2.24) is 20.1 Å². The van der Waals surface area contributed by atoms with Crippen LogP contribution in [0, 0.1) is 20.8 Å². The molecule has 8 nitrogen and oxygen atoms in total. The van der Waals surface area contributed by atoms with Crippen molar-refractivity contribution in [2.75, 3.05) is 36.5 Å². The fourth-order valence-corrected chi connectivity index (χ4v) is 3.50. The van der Waals surface area contributed by atoms with Crippen molar-refractivity contribution in [1.29, 1.82) is 0 Å². The first-order valence-electron chi connectivity index (χ1n) is 9.72. The van der Waals surface area contributed by atoms with E-state index < -0.39 is 0 Å². The molecule has 1 atom stereocenters. The van der Waals surface area contributed by atoms with Crippen LogP contribution in [0.15, 0.2) is 12.1 Å². The van der Waals surface area contributed by atoms with Crippen LogP contribution in [0.2, 0.25) is 0 Å². The molecule has 8 heteroatoms. The highest BCUT2D eigenvalue weighted by molar-refractivity contribution is 5.90. The fraction of sp³-hybridized carbons (Fsp3) is 0.550. The summed E-state index contributed by atoms with van der Waals surface area (Å²) in [6, 6.07) is 3.62. The summed E-state index contributed by atoms with van der Waals surface area (Å²) in [7, 11) is 1.94. The van der Waals surface area contributed by atoms with Gasteiger partial charge in [-0.2, -0.15) is 5.10 Å². The van der Waals surface area contributed by atoms with Crippen molar-refractivity contribution in [3.63, 3.8) is 0 Å². The van der Waals surface area contributed by atoms with E-state index in [4.69, 9.17) is 4.74 Å². The van der Waals surface area contributed by atoms with Gasteiger partial charge in [0.25, 0.3) is 0 Å². The van der Waals surface area contributed by atoms with Gasteiger partial charge < -0.3 is 20.3 Å². The van der Waals surface area contributed by atoms with E-state index in [-0.39, 0.29) is 12.1 Å². The number of carbonyl (C=O) groups is 1. The van der Waals surface area contributed by atoms with E-state index in [1.54, 1.807) is 0 Å². The molecule has 1 saturated heterocycles. The van der Waals surface area contributed by atoms with Crippen LogP contribution in [-0.4, -0.2) is 53.1 Å². The van der Waals surface area contributed by atoms with Crippen LogP contribution in [0.5, 0.6) is 0 Å². The normalized spacial score (nSPS) is 15.4. The maximum Gasteiger partial charge on any atom is 0.319 e. The highest BCUT2D eigenvalue weighted by Crippen LogP contribution is 2.20. The van der Waals surface area contributed by atoms with Crippen LogP contribution in [0.1, 0.15) is 29.6 Å². The Kier molecular flexibility index (Phi) is 6.18. The third-order valence-electron chi connectivity index (χ3n) is 5.20. The molecule has 2 aromatic rings. The number of ether oxygens (including phenoxy) is 1. The van der Waals surface area contributed by atoms with Crippen LogP contribution in [0.4, 0.5) is 16.3 Å². The molecule has 1 aliphatic heterocycles. The van der Waals surface area contributed by atoms with E-state index in [1.807, 2.05) is 51.6 Å². The average molecular weight is 387 g/mol. The lowest BCUT2D eigenvalue weighted by atomic mass is 10.1. The molecular formula is C20H30N6O2. The lowest BCUT2D eigenvalue weighted by Crippen LogP contribution is -2.38. The van der Waals surface area contributed by atoms with Crippen molar-refractivity contribution in [3.05, 3.63) is 34.8 Å². The molecule has 1 unspecified atom stereocenters. The molecule has 28 heavy (non-hydrogen) atoms. The minimum Gasteiger partial charge on any atom is -0.378 e. The summed E-state index contributed by atoms with van der Waals surface area (Å²) >= 11 is 0. The first-order valence-corrected chi connectivity index (χ1v) is 9.72. The third-order valence-corrected chi connectivity index (χ3v) is 5.20. The molecule has 2 aromatic heterocycles. The molecule has 2 amide bonds. The third kappa shape index (κ3) is 4.62. The second kappa shape index (κ2) is 8.60. The molecule has 0 bridgehead atoms. The first kappa shape index (κ1) is 20.1. The van der Waals surface area contributed by atoms with Gasteiger partial charge >= 0.3 is 6.03 Å². The Morgan fingerprint density at radius 1 is 1.21 bits per heavy atom. The van der Waals surface area contributed by atoms with E-state index in [0.717, 1.165) is 61.3 Å². The van der Waals surface area contributed by atoms with Crippen molar-refractivity contribution in [2.24, 2.45) is 7.05 Å². The zero-order valence-corrected chi connectivity index (χ0v) is 17.4. The molecule has 2 N–H and O–H groups in total. The topological polar surface area (TPSA) is 84.3 Å². The molecule has 3 heterocycles. The summed E-state index contributed by atoms with van der Waals surface area (Å²) < 4.78 is 7.26. The average Bonchev–Trinajstić information content (AvgIpc) is 2.90. The Balaban J connectivity index is 1.58. The summed E-state index contributed by atoms with van der Waals surface area (Å²) in [5.74, 6) is 0.919. The Hall–Kier alpha value is -2.61. The van der Waals surface area contributed by atoms with Crippen LogP contribution < -0.4 is 15.5 Å². The van der Waals surface area contributed by atoms with Gasteiger partial charge in [0.15, 0.2) is 0 Å². The number of morpholine rings is 1. The number of aromatic nitrogens is 3. The smallest absolute Gasteiger partial charge is 0.319 e. The Bertz CT molecular complexity index is 841. The number of hydrogen-bond donors (Lipinski definition) is 2. The predicted molar refractivity (Wildman–Crippen MR) is 110 cm³/mol. The molecule has 1 aliphatic rings.